The van der Waals surface area contributed by atoms with E-state index in [1.54, 1.807) is 7.11 Å². The summed E-state index contributed by atoms with van der Waals surface area (Å²) >= 11 is 3.48. The number of hydrogen-bond acceptors (Lipinski definition) is 3. The van der Waals surface area contributed by atoms with Crippen molar-refractivity contribution in [3.8, 4) is 0 Å². The summed E-state index contributed by atoms with van der Waals surface area (Å²) in [4.78, 5) is 0. The van der Waals surface area contributed by atoms with E-state index in [4.69, 9.17) is 4.74 Å². The van der Waals surface area contributed by atoms with Gasteiger partial charge in [0.05, 0.1) is 25.0 Å². The first-order valence-corrected chi connectivity index (χ1v) is 8.07. The van der Waals surface area contributed by atoms with Crippen molar-refractivity contribution in [3.05, 3.63) is 46.7 Å². The number of hydrogen-bond donors (Lipinski definition) is 1. The molecule has 5 heteroatoms. The summed E-state index contributed by atoms with van der Waals surface area (Å²) in [5.74, 6) is 0.680. The van der Waals surface area contributed by atoms with E-state index in [0.717, 1.165) is 16.7 Å². The molecular weight excluding hydrogens is 330 g/mol. The van der Waals surface area contributed by atoms with E-state index in [2.05, 4.69) is 50.6 Å². The molecule has 0 amide bonds. The number of halogens is 1. The first-order chi connectivity index (χ1) is 10.2. The van der Waals surface area contributed by atoms with Crippen LogP contribution in [-0.2, 0) is 11.3 Å². The Morgan fingerprint density at radius 1 is 1.33 bits per heavy atom. The second-order valence-electron chi connectivity index (χ2n) is 5.55. The molecule has 4 nitrogen and oxygen atoms in total. The van der Waals surface area contributed by atoms with Crippen LogP contribution in [0.2, 0.25) is 0 Å². The Bertz CT molecular complexity index is 575. The fourth-order valence-corrected chi connectivity index (χ4v) is 2.99. The number of anilines is 1. The van der Waals surface area contributed by atoms with Crippen molar-refractivity contribution >= 4 is 21.6 Å². The van der Waals surface area contributed by atoms with Gasteiger partial charge in [0.2, 0.25) is 0 Å². The number of aromatic nitrogens is 2. The van der Waals surface area contributed by atoms with Crippen LogP contribution in [0.3, 0.4) is 0 Å². The number of rotatable bonds is 6. The van der Waals surface area contributed by atoms with E-state index in [1.165, 1.54) is 18.4 Å². The van der Waals surface area contributed by atoms with E-state index < -0.39 is 0 Å². The Balaban J connectivity index is 1.48. The highest BCUT2D eigenvalue weighted by Crippen LogP contribution is 2.38. The molecule has 1 aliphatic carbocycles. The van der Waals surface area contributed by atoms with Crippen LogP contribution < -0.4 is 5.32 Å². The van der Waals surface area contributed by atoms with Crippen LogP contribution in [0.15, 0.2) is 41.1 Å². The molecule has 1 aromatic carbocycles. The van der Waals surface area contributed by atoms with Gasteiger partial charge in [-0.25, -0.2) is 0 Å². The highest BCUT2D eigenvalue weighted by molar-refractivity contribution is 9.10. The minimum Gasteiger partial charge on any atom is -0.383 e. The fraction of sp³-hybridized carbons (Fsp3) is 0.438. The smallest absolute Gasteiger partial charge is 0.0728 e. The summed E-state index contributed by atoms with van der Waals surface area (Å²) in [5.41, 5.74) is 2.54. The number of nitrogens with zero attached hydrogens (tertiary/aromatic N) is 2. The topological polar surface area (TPSA) is 39.1 Å². The zero-order valence-corrected chi connectivity index (χ0v) is 13.7. The first kappa shape index (κ1) is 14.6. The molecule has 0 saturated heterocycles. The molecule has 21 heavy (non-hydrogen) atoms. The van der Waals surface area contributed by atoms with Crippen LogP contribution in [0.25, 0.3) is 0 Å². The van der Waals surface area contributed by atoms with Gasteiger partial charge in [0, 0.05) is 23.8 Å². The van der Waals surface area contributed by atoms with Crippen LogP contribution in [-0.4, -0.2) is 29.5 Å². The lowest BCUT2D eigenvalue weighted by Gasteiger charge is -2.36. The quantitative estimate of drug-likeness (QED) is 0.864. The molecule has 0 atom stereocenters. The monoisotopic (exact) mass is 349 g/mol. The van der Waals surface area contributed by atoms with Crippen LogP contribution in [0.4, 0.5) is 5.69 Å². The van der Waals surface area contributed by atoms with Gasteiger partial charge in [-0.2, -0.15) is 5.10 Å². The molecular formula is C16H20BrN3O. The standard InChI is InChI=1S/C16H20BrN3O/c1-21-7-6-20-11-16(10-18-20)19-15-8-13(9-15)12-2-4-14(17)5-3-12/h2-5,10-11,13,15,19H,6-9H2,1H3. The van der Waals surface area contributed by atoms with Crippen molar-refractivity contribution in [3.63, 3.8) is 0 Å². The van der Waals surface area contributed by atoms with Gasteiger partial charge in [0.15, 0.2) is 0 Å². The average molecular weight is 350 g/mol. The molecule has 0 radical (unpaired) electrons. The molecule has 1 fully saturated rings. The lowest BCUT2D eigenvalue weighted by Crippen LogP contribution is -2.33. The van der Waals surface area contributed by atoms with Gasteiger partial charge in [0.25, 0.3) is 0 Å². The summed E-state index contributed by atoms with van der Waals surface area (Å²) in [5, 5.41) is 7.87. The van der Waals surface area contributed by atoms with Gasteiger partial charge >= 0.3 is 0 Å². The largest absolute Gasteiger partial charge is 0.383 e. The second-order valence-corrected chi connectivity index (χ2v) is 6.46. The Labute approximate surface area is 133 Å². The third-order valence-electron chi connectivity index (χ3n) is 4.01. The maximum Gasteiger partial charge on any atom is 0.0728 e. The average Bonchev–Trinajstić information content (AvgIpc) is 2.89. The van der Waals surface area contributed by atoms with Crippen LogP contribution in [0, 0.1) is 0 Å². The van der Waals surface area contributed by atoms with Gasteiger partial charge in [-0.15, -0.1) is 0 Å². The van der Waals surface area contributed by atoms with Crippen molar-refractivity contribution in [1.82, 2.24) is 9.78 Å². The van der Waals surface area contributed by atoms with E-state index in [9.17, 15) is 0 Å². The first-order valence-electron chi connectivity index (χ1n) is 7.28. The van der Waals surface area contributed by atoms with Crippen molar-refractivity contribution < 1.29 is 4.74 Å². The van der Waals surface area contributed by atoms with Crippen LogP contribution in [0.5, 0.6) is 0 Å². The van der Waals surface area contributed by atoms with E-state index in [0.29, 0.717) is 18.6 Å². The minimum absolute atomic E-state index is 0.554. The maximum absolute atomic E-state index is 5.06. The summed E-state index contributed by atoms with van der Waals surface area (Å²) < 4.78 is 8.11. The molecule has 1 N–H and O–H groups in total. The number of benzene rings is 1. The van der Waals surface area contributed by atoms with Crippen molar-refractivity contribution in [2.24, 2.45) is 0 Å². The minimum atomic E-state index is 0.554. The van der Waals surface area contributed by atoms with E-state index >= 15 is 0 Å². The maximum atomic E-state index is 5.06. The Hall–Kier alpha value is -1.33. The van der Waals surface area contributed by atoms with Crippen molar-refractivity contribution in [2.75, 3.05) is 19.0 Å². The second kappa shape index (κ2) is 6.62. The molecule has 2 aromatic rings. The molecule has 0 aliphatic heterocycles. The van der Waals surface area contributed by atoms with Gasteiger partial charge in [-0.3, -0.25) is 4.68 Å². The number of nitrogens with one attached hydrogen (secondary N) is 1. The molecule has 112 valence electrons. The molecule has 1 heterocycles. The summed E-state index contributed by atoms with van der Waals surface area (Å²) in [6.45, 7) is 1.49. The van der Waals surface area contributed by atoms with Crippen LogP contribution >= 0.6 is 15.9 Å². The van der Waals surface area contributed by atoms with Crippen molar-refractivity contribution in [2.45, 2.75) is 31.3 Å². The number of ether oxygens (including phenoxy) is 1. The zero-order chi connectivity index (χ0) is 14.7. The van der Waals surface area contributed by atoms with Crippen molar-refractivity contribution in [1.29, 1.82) is 0 Å². The predicted molar refractivity (Wildman–Crippen MR) is 87.6 cm³/mol. The van der Waals surface area contributed by atoms with Gasteiger partial charge in [-0.1, -0.05) is 28.1 Å². The molecule has 3 rings (SSSR count). The Morgan fingerprint density at radius 3 is 2.81 bits per heavy atom. The molecule has 0 bridgehead atoms. The third-order valence-corrected chi connectivity index (χ3v) is 4.54. The highest BCUT2D eigenvalue weighted by atomic mass is 79.9. The van der Waals surface area contributed by atoms with Crippen LogP contribution in [0.1, 0.15) is 24.3 Å². The van der Waals surface area contributed by atoms with Gasteiger partial charge < -0.3 is 10.1 Å². The third kappa shape index (κ3) is 3.66. The van der Waals surface area contributed by atoms with Gasteiger partial charge in [0.1, 0.15) is 0 Å². The molecule has 0 spiro atoms. The zero-order valence-electron chi connectivity index (χ0n) is 12.1. The Morgan fingerprint density at radius 2 is 2.10 bits per heavy atom. The molecule has 1 saturated carbocycles. The lowest BCUT2D eigenvalue weighted by atomic mass is 9.76. The van der Waals surface area contributed by atoms with Gasteiger partial charge in [-0.05, 0) is 36.5 Å². The summed E-state index contributed by atoms with van der Waals surface area (Å²) in [6, 6.07) is 9.23. The fourth-order valence-electron chi connectivity index (χ4n) is 2.72. The Kier molecular flexibility index (Phi) is 4.60. The molecule has 0 unspecified atom stereocenters. The normalized spacial score (nSPS) is 21.0. The molecule has 1 aliphatic rings. The number of methoxy groups -OCH3 is 1. The van der Waals surface area contributed by atoms with E-state index in [-0.39, 0.29) is 0 Å². The SMILES string of the molecule is COCCn1cc(NC2CC(c3ccc(Br)cc3)C2)cn1. The van der Waals surface area contributed by atoms with E-state index in [1.807, 2.05) is 17.1 Å². The highest BCUT2D eigenvalue weighted by Gasteiger charge is 2.30. The summed E-state index contributed by atoms with van der Waals surface area (Å²) in [7, 11) is 1.71. The lowest BCUT2D eigenvalue weighted by molar-refractivity contribution is 0.183. The predicted octanol–water partition coefficient (Wildman–Crippen LogP) is 3.65. The summed E-state index contributed by atoms with van der Waals surface area (Å²) in [6.07, 6.45) is 6.31. The molecule has 1 aromatic heterocycles.